The highest BCUT2D eigenvalue weighted by molar-refractivity contribution is 5.92. The summed E-state index contributed by atoms with van der Waals surface area (Å²) in [6.07, 6.45) is 6.96. The first kappa shape index (κ1) is 20.3. The van der Waals surface area contributed by atoms with Gasteiger partial charge in [-0.2, -0.15) is 0 Å². The van der Waals surface area contributed by atoms with Crippen molar-refractivity contribution in [2.45, 2.75) is 6.42 Å². The van der Waals surface area contributed by atoms with Crippen LogP contribution in [0.3, 0.4) is 0 Å². The van der Waals surface area contributed by atoms with Crippen LogP contribution in [-0.2, 0) is 9.59 Å². The van der Waals surface area contributed by atoms with E-state index in [1.54, 1.807) is 12.2 Å². The molecule has 2 aliphatic rings. The molecule has 0 spiro atoms. The number of hydrogen-bond acceptors (Lipinski definition) is 6. The van der Waals surface area contributed by atoms with Crippen molar-refractivity contribution in [1.82, 2.24) is 10.6 Å². The van der Waals surface area contributed by atoms with Gasteiger partial charge in [-0.3, -0.25) is 9.59 Å². The van der Waals surface area contributed by atoms with Gasteiger partial charge >= 0.3 is 0 Å². The Kier molecular flexibility index (Phi) is 6.37. The molecule has 0 unspecified atom stereocenters. The van der Waals surface area contributed by atoms with Crippen LogP contribution in [0.1, 0.15) is 17.5 Å². The van der Waals surface area contributed by atoms with E-state index < -0.39 is 0 Å². The summed E-state index contributed by atoms with van der Waals surface area (Å²) in [5.41, 5.74) is 1.70. The normalized spacial score (nSPS) is 13.7. The Morgan fingerprint density at radius 1 is 0.710 bits per heavy atom. The second-order valence-electron chi connectivity index (χ2n) is 6.83. The fourth-order valence-corrected chi connectivity index (χ4v) is 3.01. The van der Waals surface area contributed by atoms with Crippen LogP contribution in [0.4, 0.5) is 0 Å². The van der Waals surface area contributed by atoms with E-state index in [1.165, 1.54) is 12.2 Å². The van der Waals surface area contributed by atoms with Gasteiger partial charge in [-0.15, -0.1) is 0 Å². The largest absolute Gasteiger partial charge is 0.454 e. The molecule has 2 N–H and O–H groups in total. The SMILES string of the molecule is O=C(/C=C/c1ccc2c(c1)OCO2)NCCCNC(=O)/C=C/c1ccc2c(c1)OCO2. The van der Waals surface area contributed by atoms with Gasteiger partial charge in [0.15, 0.2) is 23.0 Å². The maximum absolute atomic E-state index is 11.9. The van der Waals surface area contributed by atoms with Crippen LogP contribution >= 0.6 is 0 Å². The third kappa shape index (κ3) is 5.57. The summed E-state index contributed by atoms with van der Waals surface area (Å²) in [6, 6.07) is 11.0. The second-order valence-corrected chi connectivity index (χ2v) is 6.83. The first-order valence-electron chi connectivity index (χ1n) is 9.88. The summed E-state index contributed by atoms with van der Waals surface area (Å²) in [5, 5.41) is 5.57. The Morgan fingerprint density at radius 3 is 1.65 bits per heavy atom. The summed E-state index contributed by atoms with van der Waals surface area (Å²) in [5.74, 6) is 2.35. The van der Waals surface area contributed by atoms with Crippen molar-refractivity contribution in [3.8, 4) is 23.0 Å². The van der Waals surface area contributed by atoms with Gasteiger partial charge in [-0.25, -0.2) is 0 Å². The van der Waals surface area contributed by atoms with E-state index in [4.69, 9.17) is 18.9 Å². The van der Waals surface area contributed by atoms with Gasteiger partial charge in [0, 0.05) is 25.2 Å². The lowest BCUT2D eigenvalue weighted by Crippen LogP contribution is -2.28. The number of carbonyl (C=O) groups excluding carboxylic acids is 2. The number of ether oxygens (including phenoxy) is 4. The highest BCUT2D eigenvalue weighted by atomic mass is 16.7. The van der Waals surface area contributed by atoms with E-state index in [9.17, 15) is 9.59 Å². The Labute approximate surface area is 179 Å². The monoisotopic (exact) mass is 422 g/mol. The van der Waals surface area contributed by atoms with E-state index in [1.807, 2.05) is 36.4 Å². The van der Waals surface area contributed by atoms with Crippen molar-refractivity contribution in [3.05, 3.63) is 59.7 Å². The smallest absolute Gasteiger partial charge is 0.244 e. The van der Waals surface area contributed by atoms with Gasteiger partial charge in [0.2, 0.25) is 25.4 Å². The van der Waals surface area contributed by atoms with E-state index >= 15 is 0 Å². The maximum atomic E-state index is 11.9. The van der Waals surface area contributed by atoms with Crippen molar-refractivity contribution >= 4 is 24.0 Å². The Bertz CT molecular complexity index is 949. The molecule has 0 saturated heterocycles. The first-order valence-corrected chi connectivity index (χ1v) is 9.88. The lowest BCUT2D eigenvalue weighted by Gasteiger charge is -2.04. The summed E-state index contributed by atoms with van der Waals surface area (Å²) in [6.45, 7) is 1.34. The molecular formula is C23H22N2O6. The molecule has 0 saturated carbocycles. The number of benzene rings is 2. The minimum absolute atomic E-state index is 0.202. The van der Waals surface area contributed by atoms with Crippen molar-refractivity contribution in [2.24, 2.45) is 0 Å². The third-order valence-corrected chi connectivity index (χ3v) is 4.60. The zero-order valence-corrected chi connectivity index (χ0v) is 16.8. The molecule has 0 fully saturated rings. The van der Waals surface area contributed by atoms with Crippen LogP contribution in [0.2, 0.25) is 0 Å². The first-order chi connectivity index (χ1) is 15.2. The average Bonchev–Trinajstić information content (AvgIpc) is 3.44. The van der Waals surface area contributed by atoms with E-state index in [0.717, 1.165) is 11.1 Å². The van der Waals surface area contributed by atoms with Crippen LogP contribution in [0.25, 0.3) is 12.2 Å². The highest BCUT2D eigenvalue weighted by Gasteiger charge is 2.13. The third-order valence-electron chi connectivity index (χ3n) is 4.60. The molecule has 0 aliphatic carbocycles. The van der Waals surface area contributed by atoms with Crippen LogP contribution in [0.15, 0.2) is 48.6 Å². The molecule has 160 valence electrons. The van der Waals surface area contributed by atoms with Gasteiger partial charge in [0.1, 0.15) is 0 Å². The molecule has 2 amide bonds. The predicted octanol–water partition coefficient (Wildman–Crippen LogP) is 2.49. The Hall–Kier alpha value is -3.94. The maximum Gasteiger partial charge on any atom is 0.244 e. The number of carbonyl (C=O) groups is 2. The average molecular weight is 422 g/mol. The number of fused-ring (bicyclic) bond motifs is 2. The summed E-state index contributed by atoms with van der Waals surface area (Å²) < 4.78 is 21.1. The Balaban J connectivity index is 1.12. The number of nitrogens with one attached hydrogen (secondary N) is 2. The van der Waals surface area contributed by atoms with Gasteiger partial charge in [-0.1, -0.05) is 12.1 Å². The van der Waals surface area contributed by atoms with E-state index in [-0.39, 0.29) is 25.4 Å². The minimum atomic E-state index is -0.202. The lowest BCUT2D eigenvalue weighted by molar-refractivity contribution is -0.116. The molecule has 8 nitrogen and oxygen atoms in total. The van der Waals surface area contributed by atoms with Gasteiger partial charge < -0.3 is 29.6 Å². The number of rotatable bonds is 8. The molecule has 2 aromatic carbocycles. The zero-order valence-electron chi connectivity index (χ0n) is 16.8. The number of hydrogen-bond donors (Lipinski definition) is 2. The van der Waals surface area contributed by atoms with Crippen LogP contribution in [0, 0.1) is 0 Å². The lowest BCUT2D eigenvalue weighted by atomic mass is 10.2. The molecule has 0 bridgehead atoms. The Morgan fingerprint density at radius 2 is 1.16 bits per heavy atom. The van der Waals surface area contributed by atoms with Gasteiger partial charge in [0.05, 0.1) is 0 Å². The topological polar surface area (TPSA) is 95.1 Å². The van der Waals surface area contributed by atoms with Crippen LogP contribution in [-0.4, -0.2) is 38.5 Å². The van der Waals surface area contributed by atoms with Crippen LogP contribution in [0.5, 0.6) is 23.0 Å². The molecular weight excluding hydrogens is 400 g/mol. The van der Waals surface area contributed by atoms with Crippen molar-refractivity contribution in [1.29, 1.82) is 0 Å². The molecule has 0 atom stereocenters. The fourth-order valence-electron chi connectivity index (χ4n) is 3.01. The van der Waals surface area contributed by atoms with Gasteiger partial charge in [-0.05, 0) is 54.0 Å². The molecule has 31 heavy (non-hydrogen) atoms. The molecule has 2 aliphatic heterocycles. The zero-order chi connectivity index (χ0) is 21.5. The fraction of sp³-hybridized carbons (Fsp3) is 0.217. The van der Waals surface area contributed by atoms with Crippen molar-refractivity contribution in [2.75, 3.05) is 26.7 Å². The quantitative estimate of drug-likeness (QED) is 0.501. The standard InChI is InChI=1S/C23H22N2O6/c26-22(8-4-16-2-6-18-20(12-16)30-14-28-18)24-10-1-11-25-23(27)9-5-17-3-7-19-21(13-17)31-15-29-19/h2-9,12-13H,1,10-11,14-15H2,(H,24,26)(H,25,27)/b8-4+,9-5+. The highest BCUT2D eigenvalue weighted by Crippen LogP contribution is 2.33. The molecule has 8 heteroatoms. The minimum Gasteiger partial charge on any atom is -0.454 e. The van der Waals surface area contributed by atoms with E-state index in [0.29, 0.717) is 42.5 Å². The summed E-state index contributed by atoms with van der Waals surface area (Å²) >= 11 is 0. The molecule has 2 heterocycles. The molecule has 4 rings (SSSR count). The molecule has 0 aromatic heterocycles. The molecule has 2 aromatic rings. The predicted molar refractivity (Wildman–Crippen MR) is 114 cm³/mol. The summed E-state index contributed by atoms with van der Waals surface area (Å²) in [7, 11) is 0. The van der Waals surface area contributed by atoms with Gasteiger partial charge in [0.25, 0.3) is 0 Å². The second kappa shape index (κ2) is 9.71. The number of amides is 2. The van der Waals surface area contributed by atoms with E-state index in [2.05, 4.69) is 10.6 Å². The van der Waals surface area contributed by atoms with Crippen molar-refractivity contribution < 1.29 is 28.5 Å². The van der Waals surface area contributed by atoms with Crippen molar-refractivity contribution in [3.63, 3.8) is 0 Å². The summed E-state index contributed by atoms with van der Waals surface area (Å²) in [4.78, 5) is 23.8. The molecule has 0 radical (unpaired) electrons. The van der Waals surface area contributed by atoms with Crippen LogP contribution < -0.4 is 29.6 Å².